The minimum atomic E-state index is -0.650. The van der Waals surface area contributed by atoms with Crippen molar-refractivity contribution < 1.29 is 14.3 Å². The molecular weight excluding hydrogens is 462 g/mol. The molecule has 0 radical (unpaired) electrons. The largest absolute Gasteiger partial charge is 0.494 e. The number of H-pyrrole nitrogens is 1. The Balaban J connectivity index is 1.31. The van der Waals surface area contributed by atoms with Gasteiger partial charge in [-0.25, -0.2) is 14.6 Å². The number of nitrogens with one attached hydrogen (secondary N) is 1. The summed E-state index contributed by atoms with van der Waals surface area (Å²) in [6, 6.07) is 9.75. The van der Waals surface area contributed by atoms with Crippen LogP contribution in [0, 0.1) is 6.92 Å². The van der Waals surface area contributed by atoms with Gasteiger partial charge in [0.15, 0.2) is 17.5 Å². The summed E-state index contributed by atoms with van der Waals surface area (Å²) in [5.74, 6) is 1.49. The average Bonchev–Trinajstić information content (AvgIpc) is 3.65. The van der Waals surface area contributed by atoms with Gasteiger partial charge in [-0.1, -0.05) is 30.3 Å². The normalized spacial score (nSPS) is 13.1. The highest BCUT2D eigenvalue weighted by Gasteiger charge is 2.31. The highest BCUT2D eigenvalue weighted by Crippen LogP contribution is 2.32. The van der Waals surface area contributed by atoms with Gasteiger partial charge in [-0.05, 0) is 6.92 Å². The third-order valence-electron chi connectivity index (χ3n) is 6.21. The topological polar surface area (TPSA) is 137 Å². The first kappa shape index (κ1) is 21.6. The standard InChI is InChI=1S/C24H21N9O3/c1-14-27-13-33(30-14)23-20-19(17(36-2)11-26-23)16(10-25-20)21(34)24(35)31-8-9-32-18(12-31)28-29-22(32)15-6-4-3-5-7-15/h3-7,10-11,13,25H,8-9,12H2,1-2H3. The summed E-state index contributed by atoms with van der Waals surface area (Å²) in [7, 11) is 1.49. The van der Waals surface area contributed by atoms with E-state index in [0.717, 1.165) is 11.4 Å². The summed E-state index contributed by atoms with van der Waals surface area (Å²) < 4.78 is 8.95. The first-order valence-electron chi connectivity index (χ1n) is 11.3. The van der Waals surface area contributed by atoms with Gasteiger partial charge >= 0.3 is 0 Å². The highest BCUT2D eigenvalue weighted by molar-refractivity contribution is 6.45. The maximum Gasteiger partial charge on any atom is 0.295 e. The van der Waals surface area contributed by atoms with Crippen molar-refractivity contribution in [3.8, 4) is 23.0 Å². The van der Waals surface area contributed by atoms with Crippen LogP contribution < -0.4 is 4.74 Å². The Hall–Kier alpha value is -4.87. The Morgan fingerprint density at radius 2 is 1.92 bits per heavy atom. The second kappa shape index (κ2) is 8.41. The summed E-state index contributed by atoms with van der Waals surface area (Å²) in [4.78, 5) is 39.8. The SMILES string of the molecule is COc1cnc(-n2cnc(C)n2)c2[nH]cc(C(=O)C(=O)N3CCn4c(nnc4-c4ccccc4)C3)c12. The number of hydrogen-bond acceptors (Lipinski definition) is 8. The summed E-state index contributed by atoms with van der Waals surface area (Å²) in [6.07, 6.45) is 4.53. The monoisotopic (exact) mass is 483 g/mol. The minimum absolute atomic E-state index is 0.189. The van der Waals surface area contributed by atoms with Crippen molar-refractivity contribution in [2.75, 3.05) is 13.7 Å². The zero-order chi connectivity index (χ0) is 24.8. The third-order valence-corrected chi connectivity index (χ3v) is 6.21. The van der Waals surface area contributed by atoms with Gasteiger partial charge in [0.05, 0.1) is 36.3 Å². The van der Waals surface area contributed by atoms with Gasteiger partial charge in [0, 0.05) is 24.8 Å². The highest BCUT2D eigenvalue weighted by atomic mass is 16.5. The summed E-state index contributed by atoms with van der Waals surface area (Å²) in [5, 5.41) is 13.3. The molecule has 36 heavy (non-hydrogen) atoms. The molecule has 0 fully saturated rings. The van der Waals surface area contributed by atoms with E-state index in [9.17, 15) is 9.59 Å². The van der Waals surface area contributed by atoms with Crippen molar-refractivity contribution in [2.24, 2.45) is 0 Å². The van der Waals surface area contributed by atoms with E-state index in [-0.39, 0.29) is 12.1 Å². The fraction of sp³-hybridized carbons (Fsp3) is 0.208. The molecule has 4 aromatic heterocycles. The lowest BCUT2D eigenvalue weighted by molar-refractivity contribution is -0.127. The van der Waals surface area contributed by atoms with E-state index >= 15 is 0 Å². The van der Waals surface area contributed by atoms with Gasteiger partial charge in [0.25, 0.3) is 11.7 Å². The smallest absolute Gasteiger partial charge is 0.295 e. The van der Waals surface area contributed by atoms with E-state index in [4.69, 9.17) is 4.74 Å². The number of benzene rings is 1. The number of carbonyl (C=O) groups excluding carboxylic acids is 2. The van der Waals surface area contributed by atoms with Crippen LogP contribution in [-0.2, 0) is 17.9 Å². The van der Waals surface area contributed by atoms with Gasteiger partial charge in [0.2, 0.25) is 0 Å². The molecule has 180 valence electrons. The van der Waals surface area contributed by atoms with Crippen molar-refractivity contribution >= 4 is 22.6 Å². The van der Waals surface area contributed by atoms with Crippen LogP contribution in [0.25, 0.3) is 28.1 Å². The molecule has 1 aromatic carbocycles. The molecular formula is C24H21N9O3. The first-order chi connectivity index (χ1) is 17.5. The number of fused-ring (bicyclic) bond motifs is 2. The number of hydrogen-bond donors (Lipinski definition) is 1. The van der Waals surface area contributed by atoms with Crippen LogP contribution in [-0.4, -0.2) is 69.7 Å². The maximum atomic E-state index is 13.4. The number of methoxy groups -OCH3 is 1. The summed E-state index contributed by atoms with van der Waals surface area (Å²) in [5.41, 5.74) is 1.66. The quantitative estimate of drug-likeness (QED) is 0.296. The van der Waals surface area contributed by atoms with Crippen LogP contribution in [0.4, 0.5) is 0 Å². The molecule has 5 heterocycles. The zero-order valence-corrected chi connectivity index (χ0v) is 19.5. The van der Waals surface area contributed by atoms with E-state index in [1.54, 1.807) is 6.92 Å². The molecule has 0 bridgehead atoms. The van der Waals surface area contributed by atoms with Crippen molar-refractivity contribution in [2.45, 2.75) is 20.0 Å². The van der Waals surface area contributed by atoms with Crippen LogP contribution in [0.5, 0.6) is 5.75 Å². The number of Topliss-reactive ketones (excluding diaryl/α,β-unsaturated/α-hetero) is 1. The Morgan fingerprint density at radius 1 is 1.08 bits per heavy atom. The Kier molecular flexibility index (Phi) is 5.06. The molecule has 12 heteroatoms. The van der Waals surface area contributed by atoms with E-state index in [1.807, 2.05) is 34.9 Å². The number of rotatable bonds is 5. The van der Waals surface area contributed by atoms with Crippen molar-refractivity contribution in [3.63, 3.8) is 0 Å². The molecule has 5 aromatic rings. The number of aryl methyl sites for hydroxylation is 1. The van der Waals surface area contributed by atoms with Gasteiger partial charge in [0.1, 0.15) is 17.9 Å². The van der Waals surface area contributed by atoms with Crippen LogP contribution in [0.1, 0.15) is 22.0 Å². The molecule has 0 unspecified atom stereocenters. The van der Waals surface area contributed by atoms with E-state index < -0.39 is 11.7 Å². The van der Waals surface area contributed by atoms with Crippen LogP contribution in [0.15, 0.2) is 49.1 Å². The fourth-order valence-electron chi connectivity index (χ4n) is 4.45. The van der Waals surface area contributed by atoms with Gasteiger partial charge < -0.3 is 19.2 Å². The number of amides is 1. The van der Waals surface area contributed by atoms with E-state index in [1.165, 1.54) is 35.4 Å². The summed E-state index contributed by atoms with van der Waals surface area (Å²) >= 11 is 0. The molecule has 1 aliphatic rings. The van der Waals surface area contributed by atoms with E-state index in [2.05, 4.69) is 30.2 Å². The number of aromatic nitrogens is 8. The molecule has 0 saturated carbocycles. The number of ketones is 1. The van der Waals surface area contributed by atoms with Crippen molar-refractivity contribution in [1.82, 2.24) is 44.4 Å². The van der Waals surface area contributed by atoms with E-state index in [0.29, 0.717) is 47.2 Å². The second-order valence-electron chi connectivity index (χ2n) is 8.35. The van der Waals surface area contributed by atoms with Crippen molar-refractivity contribution in [3.05, 3.63) is 66.3 Å². The average molecular weight is 483 g/mol. The Bertz CT molecular complexity index is 1620. The van der Waals surface area contributed by atoms with Crippen LogP contribution >= 0.6 is 0 Å². The lowest BCUT2D eigenvalue weighted by atomic mass is 10.1. The third kappa shape index (κ3) is 3.42. The van der Waals surface area contributed by atoms with Crippen molar-refractivity contribution in [1.29, 1.82) is 0 Å². The van der Waals surface area contributed by atoms with Crippen LogP contribution in [0.2, 0.25) is 0 Å². The fourth-order valence-corrected chi connectivity index (χ4v) is 4.45. The Morgan fingerprint density at radius 3 is 2.67 bits per heavy atom. The number of ether oxygens (including phenoxy) is 1. The van der Waals surface area contributed by atoms with Crippen LogP contribution in [0.3, 0.4) is 0 Å². The lowest BCUT2D eigenvalue weighted by Gasteiger charge is -2.27. The van der Waals surface area contributed by atoms with Gasteiger partial charge in [-0.3, -0.25) is 9.59 Å². The lowest BCUT2D eigenvalue weighted by Crippen LogP contribution is -2.42. The molecule has 1 N–H and O–H groups in total. The maximum absolute atomic E-state index is 13.4. The number of aromatic amines is 1. The number of pyridine rings is 1. The Labute approximate surface area is 204 Å². The van der Waals surface area contributed by atoms with Gasteiger partial charge in [-0.15, -0.1) is 10.2 Å². The second-order valence-corrected chi connectivity index (χ2v) is 8.35. The zero-order valence-electron chi connectivity index (χ0n) is 19.5. The molecule has 0 aliphatic carbocycles. The van der Waals surface area contributed by atoms with Gasteiger partial charge in [-0.2, -0.15) is 5.10 Å². The molecule has 6 rings (SSSR count). The number of nitrogens with zero attached hydrogens (tertiary/aromatic N) is 8. The molecule has 0 spiro atoms. The minimum Gasteiger partial charge on any atom is -0.494 e. The molecule has 0 atom stereocenters. The predicted molar refractivity (Wildman–Crippen MR) is 128 cm³/mol. The molecule has 1 amide bonds. The summed E-state index contributed by atoms with van der Waals surface area (Å²) in [6.45, 7) is 2.80. The predicted octanol–water partition coefficient (Wildman–Crippen LogP) is 1.94. The molecule has 1 aliphatic heterocycles. The first-order valence-corrected chi connectivity index (χ1v) is 11.3. The molecule has 12 nitrogen and oxygen atoms in total. The number of carbonyl (C=O) groups is 2. The molecule has 0 saturated heterocycles.